The number of benzene rings is 3. The summed E-state index contributed by atoms with van der Waals surface area (Å²) in [5, 5.41) is 43.2. The molecule has 3 aromatic rings. The number of hydrogen-bond acceptors (Lipinski definition) is 6. The molecule has 0 bridgehead atoms. The maximum atomic E-state index is 10.2. The Hall–Kier alpha value is -2.22. The normalized spacial score (nSPS) is 29.2. The van der Waals surface area contributed by atoms with Crippen molar-refractivity contribution in [3.63, 3.8) is 0 Å². The minimum Gasteiger partial charge on any atom is -0.461 e. The summed E-state index contributed by atoms with van der Waals surface area (Å²) in [6, 6.07) is 17.5. The number of hydrogen-bond donors (Lipinski definition) is 4. The average molecular weight is 356 g/mol. The van der Waals surface area contributed by atoms with Crippen molar-refractivity contribution in [1.82, 2.24) is 0 Å². The summed E-state index contributed by atoms with van der Waals surface area (Å²) in [5.74, 6) is 0.484. The molecule has 1 saturated heterocycles. The molecule has 1 aliphatic heterocycles. The quantitative estimate of drug-likeness (QED) is 0.526. The van der Waals surface area contributed by atoms with Crippen LogP contribution in [0.15, 0.2) is 54.6 Å². The Labute approximate surface area is 149 Å². The van der Waals surface area contributed by atoms with E-state index in [1.54, 1.807) is 6.07 Å². The highest BCUT2D eigenvalue weighted by molar-refractivity contribution is 6.00. The summed E-state index contributed by atoms with van der Waals surface area (Å²) in [6.07, 6.45) is -6.53. The molecule has 26 heavy (non-hydrogen) atoms. The van der Waals surface area contributed by atoms with Crippen molar-refractivity contribution in [2.45, 2.75) is 30.7 Å². The largest absolute Gasteiger partial charge is 0.461 e. The van der Waals surface area contributed by atoms with Gasteiger partial charge in [0.05, 0.1) is 6.61 Å². The Morgan fingerprint density at radius 3 is 2.23 bits per heavy atom. The third-order valence-corrected chi connectivity index (χ3v) is 4.80. The van der Waals surface area contributed by atoms with Crippen LogP contribution in [0.2, 0.25) is 0 Å². The fraction of sp³-hybridized carbons (Fsp3) is 0.300. The second kappa shape index (κ2) is 6.83. The average Bonchev–Trinajstić information content (AvgIpc) is 2.67. The molecule has 0 spiro atoms. The smallest absolute Gasteiger partial charge is 0.229 e. The molecule has 5 atom stereocenters. The van der Waals surface area contributed by atoms with E-state index in [9.17, 15) is 20.4 Å². The number of ether oxygens (including phenoxy) is 2. The first kappa shape index (κ1) is 17.2. The molecule has 4 rings (SSSR count). The first-order chi connectivity index (χ1) is 12.6. The lowest BCUT2D eigenvalue weighted by Crippen LogP contribution is -2.60. The molecule has 1 heterocycles. The van der Waals surface area contributed by atoms with Gasteiger partial charge >= 0.3 is 0 Å². The lowest BCUT2D eigenvalue weighted by atomic mass is 9.99. The highest BCUT2D eigenvalue weighted by Crippen LogP contribution is 2.32. The first-order valence-corrected chi connectivity index (χ1v) is 8.47. The second-order valence-electron chi connectivity index (χ2n) is 6.49. The molecule has 1 fully saturated rings. The van der Waals surface area contributed by atoms with Crippen molar-refractivity contribution in [3.8, 4) is 5.75 Å². The highest BCUT2D eigenvalue weighted by atomic mass is 16.7. The fourth-order valence-corrected chi connectivity index (χ4v) is 3.33. The fourth-order valence-electron chi connectivity index (χ4n) is 3.33. The summed E-state index contributed by atoms with van der Waals surface area (Å²) in [4.78, 5) is 0. The van der Waals surface area contributed by atoms with Crippen LogP contribution in [0, 0.1) is 0 Å². The van der Waals surface area contributed by atoms with E-state index in [1.807, 2.05) is 48.5 Å². The van der Waals surface area contributed by atoms with Gasteiger partial charge in [-0.15, -0.1) is 0 Å². The summed E-state index contributed by atoms with van der Waals surface area (Å²) < 4.78 is 11.3. The van der Waals surface area contributed by atoms with Crippen molar-refractivity contribution >= 4 is 21.5 Å². The lowest BCUT2D eigenvalue weighted by molar-refractivity contribution is -0.277. The van der Waals surface area contributed by atoms with Gasteiger partial charge in [0, 0.05) is 5.39 Å². The molecule has 0 aliphatic carbocycles. The summed E-state index contributed by atoms with van der Waals surface area (Å²) in [5.41, 5.74) is 0. The van der Waals surface area contributed by atoms with Crippen molar-refractivity contribution in [2.75, 3.05) is 6.61 Å². The number of aliphatic hydroxyl groups excluding tert-OH is 4. The van der Waals surface area contributed by atoms with Gasteiger partial charge in [0.15, 0.2) is 0 Å². The van der Waals surface area contributed by atoms with Gasteiger partial charge in [0.2, 0.25) is 6.29 Å². The predicted octanol–water partition coefficient (Wildman–Crippen LogP) is 1.17. The Morgan fingerprint density at radius 1 is 0.808 bits per heavy atom. The summed E-state index contributed by atoms with van der Waals surface area (Å²) >= 11 is 0. The zero-order valence-corrected chi connectivity index (χ0v) is 13.9. The van der Waals surface area contributed by atoms with E-state index >= 15 is 0 Å². The van der Waals surface area contributed by atoms with Gasteiger partial charge in [-0.2, -0.15) is 0 Å². The molecular weight excluding hydrogens is 336 g/mol. The topological polar surface area (TPSA) is 99.4 Å². The van der Waals surface area contributed by atoms with Crippen LogP contribution in [0.1, 0.15) is 0 Å². The number of fused-ring (bicyclic) bond motifs is 2. The van der Waals surface area contributed by atoms with E-state index < -0.39 is 37.3 Å². The molecule has 6 nitrogen and oxygen atoms in total. The molecule has 0 amide bonds. The van der Waals surface area contributed by atoms with Crippen molar-refractivity contribution in [2.24, 2.45) is 0 Å². The van der Waals surface area contributed by atoms with Crippen LogP contribution >= 0.6 is 0 Å². The molecule has 6 heteroatoms. The zero-order chi connectivity index (χ0) is 18.3. The van der Waals surface area contributed by atoms with E-state index in [2.05, 4.69) is 0 Å². The van der Waals surface area contributed by atoms with Crippen LogP contribution in [0.3, 0.4) is 0 Å². The van der Waals surface area contributed by atoms with Crippen LogP contribution in [-0.2, 0) is 4.74 Å². The van der Waals surface area contributed by atoms with E-state index in [0.29, 0.717) is 5.75 Å². The number of aliphatic hydroxyl groups is 4. The Kier molecular flexibility index (Phi) is 4.52. The Morgan fingerprint density at radius 2 is 1.50 bits per heavy atom. The van der Waals surface area contributed by atoms with Gasteiger partial charge in [-0.05, 0) is 34.4 Å². The molecule has 0 radical (unpaired) electrons. The third-order valence-electron chi connectivity index (χ3n) is 4.80. The van der Waals surface area contributed by atoms with Crippen LogP contribution in [0.4, 0.5) is 0 Å². The van der Waals surface area contributed by atoms with E-state index in [0.717, 1.165) is 21.5 Å². The van der Waals surface area contributed by atoms with Crippen LogP contribution in [0.5, 0.6) is 5.75 Å². The zero-order valence-electron chi connectivity index (χ0n) is 13.9. The molecule has 136 valence electrons. The SMILES string of the molecule is OC[C@H]1O[C@@H](Oc2cccc3cc4ccccc4cc23)[C@H](O)[C@@H](O)[C@H]1O. The minimum absolute atomic E-state index is 0.484. The molecule has 4 N–H and O–H groups in total. The Bertz CT molecular complexity index is 924. The van der Waals surface area contributed by atoms with Crippen molar-refractivity contribution in [1.29, 1.82) is 0 Å². The van der Waals surface area contributed by atoms with Gasteiger partial charge in [0.1, 0.15) is 30.2 Å². The van der Waals surface area contributed by atoms with E-state index in [-0.39, 0.29) is 0 Å². The lowest BCUT2D eigenvalue weighted by Gasteiger charge is -2.39. The maximum Gasteiger partial charge on any atom is 0.229 e. The maximum absolute atomic E-state index is 10.2. The molecule has 1 aliphatic rings. The van der Waals surface area contributed by atoms with Gasteiger partial charge in [-0.3, -0.25) is 0 Å². The monoisotopic (exact) mass is 356 g/mol. The van der Waals surface area contributed by atoms with Gasteiger partial charge in [-0.25, -0.2) is 0 Å². The standard InChI is InChI=1S/C20H20O6/c21-10-16-17(22)18(23)19(24)20(26-16)25-15-7-3-6-13-8-11-4-1-2-5-12(11)9-14(13)15/h1-9,16-24H,10H2/t16-,17+,18+,19-,20-/m1/s1. The summed E-state index contributed by atoms with van der Waals surface area (Å²) in [7, 11) is 0. The predicted molar refractivity (Wildman–Crippen MR) is 95.8 cm³/mol. The van der Waals surface area contributed by atoms with E-state index in [4.69, 9.17) is 9.47 Å². The molecule has 3 aromatic carbocycles. The summed E-state index contributed by atoms with van der Waals surface area (Å²) in [6.45, 7) is -0.495. The van der Waals surface area contributed by atoms with Crippen LogP contribution in [0.25, 0.3) is 21.5 Å². The number of rotatable bonds is 3. The Balaban J connectivity index is 1.71. The van der Waals surface area contributed by atoms with Gasteiger partial charge in [0.25, 0.3) is 0 Å². The highest BCUT2D eigenvalue weighted by Gasteiger charge is 2.44. The van der Waals surface area contributed by atoms with Crippen LogP contribution < -0.4 is 4.74 Å². The van der Waals surface area contributed by atoms with Crippen molar-refractivity contribution < 1.29 is 29.9 Å². The molecule has 0 aromatic heterocycles. The first-order valence-electron chi connectivity index (χ1n) is 8.47. The van der Waals surface area contributed by atoms with Crippen molar-refractivity contribution in [3.05, 3.63) is 54.6 Å². The van der Waals surface area contributed by atoms with Gasteiger partial charge in [-0.1, -0.05) is 36.4 Å². The van der Waals surface area contributed by atoms with E-state index in [1.165, 1.54) is 0 Å². The molecule has 0 saturated carbocycles. The molecular formula is C20H20O6. The second-order valence-corrected chi connectivity index (χ2v) is 6.49. The third kappa shape index (κ3) is 2.92. The van der Waals surface area contributed by atoms with Crippen LogP contribution in [-0.4, -0.2) is 57.7 Å². The van der Waals surface area contributed by atoms with Gasteiger partial charge < -0.3 is 29.9 Å². The minimum atomic E-state index is -1.47. The molecule has 0 unspecified atom stereocenters.